The van der Waals surface area contributed by atoms with Crippen LogP contribution in [-0.2, 0) is 4.57 Å². The van der Waals surface area contributed by atoms with Gasteiger partial charge in [0.2, 0.25) is 0 Å². The highest BCUT2D eigenvalue weighted by atomic mass is 79.9. The van der Waals surface area contributed by atoms with Crippen LogP contribution in [0.15, 0.2) is 83.3 Å². The smallest absolute Gasteiger partial charge is 0.355 e. The number of benzene rings is 3. The molecule has 0 aliphatic rings. The number of hydrogen-bond donors (Lipinski definition) is 3. The minimum absolute atomic E-state index is 0.425. The molecule has 0 aliphatic carbocycles. The molecule has 0 fully saturated rings. The van der Waals surface area contributed by atoms with Crippen molar-refractivity contribution in [3.63, 3.8) is 0 Å². The predicted octanol–water partition coefficient (Wildman–Crippen LogP) is 6.94. The van der Waals surface area contributed by atoms with Crippen molar-refractivity contribution in [2.24, 2.45) is 0 Å². The maximum Gasteiger partial charge on any atom is 0.355 e. The molecule has 0 unspecified atom stereocenters. The second-order valence-corrected chi connectivity index (χ2v) is 11.1. The van der Waals surface area contributed by atoms with Gasteiger partial charge in [0.1, 0.15) is 11.5 Å². The second-order valence-electron chi connectivity index (χ2n) is 8.33. The van der Waals surface area contributed by atoms with E-state index in [2.05, 4.69) is 31.2 Å². The van der Waals surface area contributed by atoms with E-state index in [4.69, 9.17) is 9.47 Å². The number of methoxy groups -OCH3 is 2. The fourth-order valence-electron chi connectivity index (χ4n) is 3.96. The summed E-state index contributed by atoms with van der Waals surface area (Å²) < 4.78 is 27.5. The Kier molecular flexibility index (Phi) is 7.95. The van der Waals surface area contributed by atoms with Crippen molar-refractivity contribution >= 4 is 40.8 Å². The van der Waals surface area contributed by atoms with E-state index >= 15 is 0 Å². The maximum absolute atomic E-state index is 14.1. The van der Waals surface area contributed by atoms with Crippen LogP contribution in [0.25, 0.3) is 5.69 Å². The van der Waals surface area contributed by atoms with E-state index in [0.29, 0.717) is 28.4 Å². The van der Waals surface area contributed by atoms with Crippen LogP contribution in [-0.4, -0.2) is 24.7 Å². The summed E-state index contributed by atoms with van der Waals surface area (Å²) in [4.78, 5) is 13.5. The van der Waals surface area contributed by atoms with Gasteiger partial charge >= 0.3 is 7.59 Å². The quantitative estimate of drug-likeness (QED) is 0.185. The molecule has 0 radical (unpaired) electrons. The molecule has 3 N–H and O–H groups in total. The Morgan fingerprint density at radius 2 is 1.30 bits per heavy atom. The molecule has 10 heteroatoms. The Morgan fingerprint density at radius 1 is 0.811 bits per heavy atom. The van der Waals surface area contributed by atoms with Crippen molar-refractivity contribution in [3.8, 4) is 17.2 Å². The number of nitrogens with zero attached hydrogens (tertiary/aromatic N) is 1. The number of nitrogens with one attached hydrogen (secondary N) is 3. The molecular weight excluding hydrogens is 555 g/mol. The van der Waals surface area contributed by atoms with Gasteiger partial charge in [-0.2, -0.15) is 0 Å². The number of aromatic nitrogens is 1. The molecule has 8 nitrogen and oxygen atoms in total. The first-order chi connectivity index (χ1) is 17.7. The third-order valence-electron chi connectivity index (χ3n) is 5.77. The minimum Gasteiger partial charge on any atom is -0.497 e. The first-order valence-electron chi connectivity index (χ1n) is 11.4. The molecule has 0 aliphatic heterocycles. The van der Waals surface area contributed by atoms with Crippen LogP contribution >= 0.6 is 23.5 Å². The molecule has 4 aromatic rings. The molecule has 0 saturated heterocycles. The highest BCUT2D eigenvalue weighted by molar-refractivity contribution is 9.10. The summed E-state index contributed by atoms with van der Waals surface area (Å²) in [6, 6.07) is 23.5. The summed E-state index contributed by atoms with van der Waals surface area (Å²) in [5, 5.41) is 8.67. The monoisotopic (exact) mass is 582 g/mol. The molecule has 3 aromatic carbocycles. The van der Waals surface area contributed by atoms with Gasteiger partial charge < -0.3 is 24.2 Å². The van der Waals surface area contributed by atoms with Crippen LogP contribution in [0, 0.1) is 13.8 Å². The second kappa shape index (κ2) is 11.2. The van der Waals surface area contributed by atoms with Crippen molar-refractivity contribution in [3.05, 3.63) is 100 Å². The van der Waals surface area contributed by atoms with Crippen molar-refractivity contribution in [1.82, 2.24) is 9.65 Å². The summed E-state index contributed by atoms with van der Waals surface area (Å²) in [5.74, 6) is 0.850. The fourth-order valence-corrected chi connectivity index (χ4v) is 5.83. The molecule has 1 heterocycles. The van der Waals surface area contributed by atoms with E-state index in [1.165, 1.54) is 0 Å². The predicted molar refractivity (Wildman–Crippen MR) is 151 cm³/mol. The first kappa shape index (κ1) is 26.4. The van der Waals surface area contributed by atoms with E-state index in [1.807, 2.05) is 42.7 Å². The normalized spacial score (nSPS) is 11.1. The van der Waals surface area contributed by atoms with Gasteiger partial charge in [-0.05, 0) is 92.7 Å². The Bertz CT molecular complexity index is 1380. The van der Waals surface area contributed by atoms with E-state index in [1.54, 1.807) is 68.8 Å². The van der Waals surface area contributed by atoms with Gasteiger partial charge in [0.05, 0.1) is 19.8 Å². The molecule has 0 atom stereocenters. The van der Waals surface area contributed by atoms with Gasteiger partial charge in [-0.15, -0.1) is 0 Å². The number of carbonyl (C=O) groups is 1. The number of hydrogen-bond acceptors (Lipinski definition) is 4. The van der Waals surface area contributed by atoms with Gasteiger partial charge in [0.25, 0.3) is 5.91 Å². The van der Waals surface area contributed by atoms with Crippen LogP contribution in [0.3, 0.4) is 0 Å². The number of carbonyl (C=O) groups excluding carboxylic acids is 1. The molecule has 0 bridgehead atoms. The zero-order chi connectivity index (χ0) is 26.6. The summed E-state index contributed by atoms with van der Waals surface area (Å²) in [6.45, 7) is 3.79. The zero-order valence-corrected chi connectivity index (χ0v) is 23.4. The van der Waals surface area contributed by atoms with Gasteiger partial charge in [0, 0.05) is 32.9 Å². The van der Waals surface area contributed by atoms with Crippen molar-refractivity contribution in [1.29, 1.82) is 0 Å². The molecule has 0 spiro atoms. The number of halogens is 1. The lowest BCUT2D eigenvalue weighted by molar-refractivity contribution is 0.0980. The van der Waals surface area contributed by atoms with Crippen LogP contribution in [0.1, 0.15) is 21.7 Å². The lowest BCUT2D eigenvalue weighted by atomic mass is 10.2. The van der Waals surface area contributed by atoms with Crippen molar-refractivity contribution < 1.29 is 18.8 Å². The Balaban J connectivity index is 1.65. The van der Waals surface area contributed by atoms with E-state index in [9.17, 15) is 9.36 Å². The first-order valence-corrected chi connectivity index (χ1v) is 13.9. The van der Waals surface area contributed by atoms with E-state index < -0.39 is 13.5 Å². The molecular formula is C27H28BrN4O4P. The minimum atomic E-state index is -3.73. The topological polar surface area (TPSA) is 93.6 Å². The maximum atomic E-state index is 14.1. The number of ether oxygens (including phenoxy) is 2. The third-order valence-corrected chi connectivity index (χ3v) is 7.97. The SMILES string of the molecule is COc1ccc(NP(=O)(NC(=O)c2cc(C)n(-c3ccc(Br)cc3)c2C)Nc2ccc(OC)cc2)cc1. The van der Waals surface area contributed by atoms with Crippen LogP contribution < -0.4 is 24.7 Å². The fraction of sp³-hybridized carbons (Fsp3) is 0.148. The van der Waals surface area contributed by atoms with Crippen molar-refractivity contribution in [2.75, 3.05) is 24.4 Å². The number of rotatable bonds is 9. The Labute approximate surface area is 224 Å². The van der Waals surface area contributed by atoms with Crippen LogP contribution in [0.5, 0.6) is 11.5 Å². The van der Waals surface area contributed by atoms with Crippen LogP contribution in [0.2, 0.25) is 0 Å². The summed E-state index contributed by atoms with van der Waals surface area (Å²) >= 11 is 3.45. The number of anilines is 2. The highest BCUT2D eigenvalue weighted by Crippen LogP contribution is 2.42. The van der Waals surface area contributed by atoms with Gasteiger partial charge in [-0.3, -0.25) is 14.4 Å². The summed E-state index contributed by atoms with van der Waals surface area (Å²) in [6.07, 6.45) is 0. The molecule has 0 saturated carbocycles. The molecule has 1 amide bonds. The number of aryl methyl sites for hydroxylation is 1. The summed E-state index contributed by atoms with van der Waals surface area (Å²) in [7, 11) is -0.587. The van der Waals surface area contributed by atoms with Gasteiger partial charge in [-0.25, -0.2) is 0 Å². The van der Waals surface area contributed by atoms with Crippen LogP contribution in [0.4, 0.5) is 11.4 Å². The molecule has 1 aromatic heterocycles. The highest BCUT2D eigenvalue weighted by Gasteiger charge is 2.28. The van der Waals surface area contributed by atoms with E-state index in [-0.39, 0.29) is 0 Å². The Morgan fingerprint density at radius 3 is 1.76 bits per heavy atom. The molecule has 192 valence electrons. The van der Waals surface area contributed by atoms with Gasteiger partial charge in [0.15, 0.2) is 0 Å². The lowest BCUT2D eigenvalue weighted by Gasteiger charge is -2.23. The van der Waals surface area contributed by atoms with Crippen molar-refractivity contribution in [2.45, 2.75) is 13.8 Å². The number of amides is 1. The zero-order valence-electron chi connectivity index (χ0n) is 20.9. The average molecular weight is 583 g/mol. The molecule has 37 heavy (non-hydrogen) atoms. The third kappa shape index (κ3) is 6.18. The Hall–Kier alpha value is -3.68. The lowest BCUT2D eigenvalue weighted by Crippen LogP contribution is -2.28. The summed E-state index contributed by atoms with van der Waals surface area (Å²) in [5.41, 5.74) is 4.06. The molecule has 4 rings (SSSR count). The van der Waals surface area contributed by atoms with Gasteiger partial charge in [-0.1, -0.05) is 15.9 Å². The van der Waals surface area contributed by atoms with E-state index in [0.717, 1.165) is 21.5 Å². The largest absolute Gasteiger partial charge is 0.497 e. The average Bonchev–Trinajstić information content (AvgIpc) is 3.19. The standard InChI is InChI=1S/C27H28BrN4O4P/c1-18-17-26(19(2)32(18)23-11-5-20(28)6-12-23)27(33)31-37(34,29-21-7-13-24(35-3)14-8-21)30-22-9-15-25(36-4)16-10-22/h5-17H,1-4H3,(H3,29,30,31,33,34).